The number of amides is 1. The van der Waals surface area contributed by atoms with Gasteiger partial charge in [-0.05, 0) is 42.7 Å². The standard InChI is InChI=1S/C21H18ClFN4O3/c22-15-7-5-6-14(12-15)13-26-20(29)18(19(28)25-10-3-4-11-25)24-27(21(26)30)17-9-2-1-8-16(17)23/h1-2,5-9,12H,3-4,10-11,13H2. The fourth-order valence-electron chi connectivity index (χ4n) is 3.46. The number of hydrogen-bond donors (Lipinski definition) is 0. The number of likely N-dealkylation sites (tertiary alicyclic amines) is 1. The van der Waals surface area contributed by atoms with E-state index in [9.17, 15) is 18.8 Å². The summed E-state index contributed by atoms with van der Waals surface area (Å²) >= 11 is 6.01. The first-order valence-corrected chi connectivity index (χ1v) is 9.86. The number of halogens is 2. The zero-order chi connectivity index (χ0) is 21.3. The highest BCUT2D eigenvalue weighted by Crippen LogP contribution is 2.13. The number of nitrogens with zero attached hydrogens (tertiary/aromatic N) is 4. The Labute approximate surface area is 175 Å². The van der Waals surface area contributed by atoms with Crippen LogP contribution in [0.25, 0.3) is 5.69 Å². The molecule has 1 aliphatic rings. The van der Waals surface area contributed by atoms with E-state index in [0.717, 1.165) is 22.1 Å². The predicted octanol–water partition coefficient (Wildman–Crippen LogP) is 2.47. The molecule has 1 fully saturated rings. The fourth-order valence-corrected chi connectivity index (χ4v) is 3.67. The second-order valence-electron chi connectivity index (χ2n) is 7.01. The molecular formula is C21H18ClFN4O3. The lowest BCUT2D eigenvalue weighted by atomic mass is 10.2. The summed E-state index contributed by atoms with van der Waals surface area (Å²) < 4.78 is 16.1. The van der Waals surface area contributed by atoms with Gasteiger partial charge in [0.25, 0.3) is 11.5 Å². The smallest absolute Gasteiger partial charge is 0.337 e. The molecule has 0 bridgehead atoms. The first kappa shape index (κ1) is 20.0. The Balaban J connectivity index is 1.91. The van der Waals surface area contributed by atoms with E-state index in [1.165, 1.54) is 23.1 Å². The second-order valence-corrected chi connectivity index (χ2v) is 7.45. The molecule has 1 amide bonds. The maximum absolute atomic E-state index is 14.4. The Kier molecular flexibility index (Phi) is 5.50. The molecule has 1 aromatic heterocycles. The third-order valence-corrected chi connectivity index (χ3v) is 5.20. The van der Waals surface area contributed by atoms with Gasteiger partial charge in [0, 0.05) is 18.1 Å². The summed E-state index contributed by atoms with van der Waals surface area (Å²) in [6.45, 7) is 0.885. The van der Waals surface area contributed by atoms with Gasteiger partial charge < -0.3 is 4.90 Å². The fraction of sp³-hybridized carbons (Fsp3) is 0.238. The van der Waals surface area contributed by atoms with Crippen LogP contribution in [-0.4, -0.2) is 38.2 Å². The van der Waals surface area contributed by atoms with Crippen molar-refractivity contribution in [2.24, 2.45) is 0 Å². The van der Waals surface area contributed by atoms with Crippen molar-refractivity contribution in [2.75, 3.05) is 13.1 Å². The molecule has 3 aromatic rings. The molecule has 0 unspecified atom stereocenters. The van der Waals surface area contributed by atoms with Gasteiger partial charge >= 0.3 is 5.69 Å². The van der Waals surface area contributed by atoms with Crippen LogP contribution in [0, 0.1) is 5.82 Å². The number of carbonyl (C=O) groups excluding carboxylic acids is 1. The summed E-state index contributed by atoms with van der Waals surface area (Å²) in [6.07, 6.45) is 1.66. The van der Waals surface area contributed by atoms with E-state index < -0.39 is 28.7 Å². The molecule has 1 aliphatic heterocycles. The number of rotatable bonds is 4. The van der Waals surface area contributed by atoms with Gasteiger partial charge in [-0.2, -0.15) is 9.78 Å². The third kappa shape index (κ3) is 3.78. The van der Waals surface area contributed by atoms with Crippen LogP contribution >= 0.6 is 11.6 Å². The monoisotopic (exact) mass is 428 g/mol. The minimum atomic E-state index is -0.844. The number of benzene rings is 2. The molecule has 2 aromatic carbocycles. The summed E-state index contributed by atoms with van der Waals surface area (Å²) in [5.41, 5.74) is -1.63. The Hall–Kier alpha value is -3.26. The van der Waals surface area contributed by atoms with Crippen LogP contribution in [0.1, 0.15) is 28.9 Å². The maximum atomic E-state index is 14.4. The number of para-hydroxylation sites is 1. The third-order valence-electron chi connectivity index (χ3n) is 4.97. The topological polar surface area (TPSA) is 77.2 Å². The van der Waals surface area contributed by atoms with Gasteiger partial charge in [0.1, 0.15) is 11.5 Å². The lowest BCUT2D eigenvalue weighted by molar-refractivity contribution is 0.0781. The maximum Gasteiger partial charge on any atom is 0.352 e. The average molecular weight is 429 g/mol. The Morgan fingerprint density at radius 3 is 2.50 bits per heavy atom. The van der Waals surface area contributed by atoms with Crippen LogP contribution in [0.15, 0.2) is 58.1 Å². The highest BCUT2D eigenvalue weighted by molar-refractivity contribution is 6.30. The Morgan fingerprint density at radius 2 is 1.80 bits per heavy atom. The van der Waals surface area contributed by atoms with Crippen molar-refractivity contribution < 1.29 is 9.18 Å². The minimum absolute atomic E-state index is 0.129. The lowest BCUT2D eigenvalue weighted by Crippen LogP contribution is -2.46. The van der Waals surface area contributed by atoms with Gasteiger partial charge in [-0.3, -0.25) is 14.2 Å². The summed E-state index contributed by atoms with van der Waals surface area (Å²) in [5, 5.41) is 4.42. The van der Waals surface area contributed by atoms with Gasteiger partial charge in [0.15, 0.2) is 0 Å². The predicted molar refractivity (Wildman–Crippen MR) is 110 cm³/mol. The van der Waals surface area contributed by atoms with Gasteiger partial charge in [-0.1, -0.05) is 35.9 Å². The molecular weight excluding hydrogens is 411 g/mol. The molecule has 2 heterocycles. The molecule has 0 atom stereocenters. The molecule has 4 rings (SSSR count). The van der Waals surface area contributed by atoms with Crippen molar-refractivity contribution in [1.82, 2.24) is 19.2 Å². The number of aromatic nitrogens is 3. The van der Waals surface area contributed by atoms with E-state index >= 15 is 0 Å². The zero-order valence-electron chi connectivity index (χ0n) is 15.9. The quantitative estimate of drug-likeness (QED) is 0.639. The first-order valence-electron chi connectivity index (χ1n) is 9.48. The van der Waals surface area contributed by atoms with Gasteiger partial charge in [0.05, 0.1) is 6.54 Å². The van der Waals surface area contributed by atoms with E-state index in [1.54, 1.807) is 30.3 Å². The highest BCUT2D eigenvalue weighted by atomic mass is 35.5. The number of hydrogen-bond acceptors (Lipinski definition) is 4. The van der Waals surface area contributed by atoms with Crippen molar-refractivity contribution in [3.8, 4) is 5.69 Å². The van der Waals surface area contributed by atoms with Gasteiger partial charge in [0.2, 0.25) is 5.69 Å². The summed E-state index contributed by atoms with van der Waals surface area (Å²) in [7, 11) is 0. The minimum Gasteiger partial charge on any atom is -0.337 e. The zero-order valence-corrected chi connectivity index (χ0v) is 16.7. The lowest BCUT2D eigenvalue weighted by Gasteiger charge is -2.17. The molecule has 0 radical (unpaired) electrons. The van der Waals surface area contributed by atoms with Crippen molar-refractivity contribution in [2.45, 2.75) is 19.4 Å². The van der Waals surface area contributed by atoms with Crippen LogP contribution in [0.2, 0.25) is 5.02 Å². The normalized spacial score (nSPS) is 13.6. The average Bonchev–Trinajstić information content (AvgIpc) is 3.27. The SMILES string of the molecule is O=C(c1nn(-c2ccccc2F)c(=O)n(Cc2cccc(Cl)c2)c1=O)N1CCCC1. The van der Waals surface area contributed by atoms with Crippen LogP contribution < -0.4 is 11.2 Å². The van der Waals surface area contributed by atoms with Crippen molar-refractivity contribution >= 4 is 17.5 Å². The van der Waals surface area contributed by atoms with E-state index in [2.05, 4.69) is 5.10 Å². The summed E-state index contributed by atoms with van der Waals surface area (Å²) in [6, 6.07) is 12.2. The van der Waals surface area contributed by atoms with Crippen molar-refractivity contribution in [3.05, 3.63) is 91.5 Å². The molecule has 9 heteroatoms. The van der Waals surface area contributed by atoms with Crippen molar-refractivity contribution in [3.63, 3.8) is 0 Å². The van der Waals surface area contributed by atoms with Crippen molar-refractivity contribution in [1.29, 1.82) is 0 Å². The van der Waals surface area contributed by atoms with E-state index in [1.807, 2.05) is 0 Å². The molecule has 1 saturated heterocycles. The van der Waals surface area contributed by atoms with E-state index in [4.69, 9.17) is 11.6 Å². The second kappa shape index (κ2) is 8.23. The largest absolute Gasteiger partial charge is 0.352 e. The van der Waals surface area contributed by atoms with Gasteiger partial charge in [-0.25, -0.2) is 9.18 Å². The summed E-state index contributed by atoms with van der Waals surface area (Å²) in [4.78, 5) is 40.6. The van der Waals surface area contributed by atoms with Gasteiger partial charge in [-0.15, -0.1) is 0 Å². The van der Waals surface area contributed by atoms with Crippen LogP contribution in [-0.2, 0) is 6.54 Å². The molecule has 0 spiro atoms. The molecule has 0 saturated carbocycles. The molecule has 154 valence electrons. The van der Waals surface area contributed by atoms with E-state index in [0.29, 0.717) is 23.7 Å². The summed E-state index contributed by atoms with van der Waals surface area (Å²) in [5.74, 6) is -1.26. The molecule has 0 aliphatic carbocycles. The van der Waals surface area contributed by atoms with Crippen LogP contribution in [0.5, 0.6) is 0 Å². The van der Waals surface area contributed by atoms with Crippen LogP contribution in [0.3, 0.4) is 0 Å². The number of carbonyl (C=O) groups is 1. The molecule has 7 nitrogen and oxygen atoms in total. The molecule has 0 N–H and O–H groups in total. The Morgan fingerprint density at radius 1 is 1.07 bits per heavy atom. The van der Waals surface area contributed by atoms with Crippen LogP contribution in [0.4, 0.5) is 4.39 Å². The molecule has 30 heavy (non-hydrogen) atoms. The first-order chi connectivity index (χ1) is 14.5. The highest BCUT2D eigenvalue weighted by Gasteiger charge is 2.27. The van der Waals surface area contributed by atoms with E-state index in [-0.39, 0.29) is 12.2 Å². The Bertz CT molecular complexity index is 1230.